The van der Waals surface area contributed by atoms with Crippen molar-refractivity contribution in [3.05, 3.63) is 28.8 Å². The van der Waals surface area contributed by atoms with Crippen LogP contribution in [0.25, 0.3) is 0 Å². The third-order valence-electron chi connectivity index (χ3n) is 3.59. The SMILES string of the molecule is COCOc1c(F)c(F)c(C2CCCCC2)c(F)c1F. The average Bonchev–Trinajstić information content (AvgIpc) is 2.47. The summed E-state index contributed by atoms with van der Waals surface area (Å²) in [5.74, 6) is -7.27. The topological polar surface area (TPSA) is 18.5 Å². The molecule has 112 valence electrons. The Morgan fingerprint density at radius 2 is 1.45 bits per heavy atom. The van der Waals surface area contributed by atoms with E-state index in [2.05, 4.69) is 9.47 Å². The largest absolute Gasteiger partial charge is 0.461 e. The lowest BCUT2D eigenvalue weighted by Gasteiger charge is -2.23. The minimum Gasteiger partial charge on any atom is -0.461 e. The van der Waals surface area contributed by atoms with E-state index in [0.717, 1.165) is 19.3 Å². The van der Waals surface area contributed by atoms with E-state index in [1.54, 1.807) is 0 Å². The molecular formula is C14H16F4O2. The first-order chi connectivity index (χ1) is 9.57. The maximum Gasteiger partial charge on any atom is 0.204 e. The number of halogens is 4. The van der Waals surface area contributed by atoms with Gasteiger partial charge in [-0.15, -0.1) is 0 Å². The summed E-state index contributed by atoms with van der Waals surface area (Å²) in [5.41, 5.74) is -0.496. The number of hydrogen-bond donors (Lipinski definition) is 0. The van der Waals surface area contributed by atoms with Gasteiger partial charge in [0.2, 0.25) is 11.6 Å². The van der Waals surface area contributed by atoms with Gasteiger partial charge in [-0.1, -0.05) is 19.3 Å². The Morgan fingerprint density at radius 1 is 0.900 bits per heavy atom. The van der Waals surface area contributed by atoms with Gasteiger partial charge < -0.3 is 9.47 Å². The lowest BCUT2D eigenvalue weighted by Crippen LogP contribution is -2.14. The van der Waals surface area contributed by atoms with Gasteiger partial charge >= 0.3 is 0 Å². The molecule has 1 aliphatic carbocycles. The summed E-state index contributed by atoms with van der Waals surface area (Å²) in [6.45, 7) is -0.491. The number of rotatable bonds is 4. The van der Waals surface area contributed by atoms with Crippen LogP contribution in [-0.2, 0) is 4.74 Å². The van der Waals surface area contributed by atoms with Crippen LogP contribution < -0.4 is 4.74 Å². The molecule has 6 heteroatoms. The quantitative estimate of drug-likeness (QED) is 0.468. The fourth-order valence-corrected chi connectivity index (χ4v) is 2.62. The minimum absolute atomic E-state index is 0.482. The Balaban J connectivity index is 2.43. The second-order valence-electron chi connectivity index (χ2n) is 4.88. The van der Waals surface area contributed by atoms with Crippen LogP contribution in [0, 0.1) is 23.3 Å². The molecule has 20 heavy (non-hydrogen) atoms. The molecular weight excluding hydrogens is 276 g/mol. The van der Waals surface area contributed by atoms with Crippen molar-refractivity contribution < 1.29 is 27.0 Å². The zero-order valence-corrected chi connectivity index (χ0v) is 11.1. The van der Waals surface area contributed by atoms with E-state index in [1.807, 2.05) is 0 Å². The molecule has 2 nitrogen and oxygen atoms in total. The molecule has 0 aliphatic heterocycles. The van der Waals surface area contributed by atoms with Gasteiger partial charge in [-0.3, -0.25) is 0 Å². The van der Waals surface area contributed by atoms with Gasteiger partial charge in [-0.25, -0.2) is 8.78 Å². The highest BCUT2D eigenvalue weighted by molar-refractivity contribution is 5.36. The van der Waals surface area contributed by atoms with Gasteiger partial charge in [-0.2, -0.15) is 8.78 Å². The van der Waals surface area contributed by atoms with Gasteiger partial charge in [0.15, 0.2) is 24.2 Å². The Bertz CT molecular complexity index is 456. The zero-order chi connectivity index (χ0) is 14.7. The summed E-state index contributed by atoms with van der Waals surface area (Å²) in [4.78, 5) is 0. The van der Waals surface area contributed by atoms with E-state index in [9.17, 15) is 17.6 Å². The summed E-state index contributed by atoms with van der Waals surface area (Å²) in [7, 11) is 1.24. The van der Waals surface area contributed by atoms with Crippen LogP contribution in [-0.4, -0.2) is 13.9 Å². The summed E-state index contributed by atoms with van der Waals surface area (Å²) in [5, 5.41) is 0. The molecule has 0 N–H and O–H groups in total. The molecule has 0 unspecified atom stereocenters. The van der Waals surface area contributed by atoms with Crippen molar-refractivity contribution in [2.24, 2.45) is 0 Å². The highest BCUT2D eigenvalue weighted by atomic mass is 19.2. The Morgan fingerprint density at radius 3 is 1.95 bits per heavy atom. The average molecular weight is 292 g/mol. The molecule has 0 atom stereocenters. The first kappa shape index (κ1) is 15.1. The first-order valence-corrected chi connectivity index (χ1v) is 6.55. The molecule has 1 saturated carbocycles. The van der Waals surface area contributed by atoms with Gasteiger partial charge in [-0.05, 0) is 18.8 Å². The number of hydrogen-bond acceptors (Lipinski definition) is 2. The first-order valence-electron chi connectivity index (χ1n) is 6.55. The van der Waals surface area contributed by atoms with Crippen molar-refractivity contribution in [3.63, 3.8) is 0 Å². The fourth-order valence-electron chi connectivity index (χ4n) is 2.62. The molecule has 0 spiro atoms. The number of ether oxygens (including phenoxy) is 2. The van der Waals surface area contributed by atoms with E-state index in [4.69, 9.17) is 0 Å². The lowest BCUT2D eigenvalue weighted by molar-refractivity contribution is 0.0439. The molecule has 1 aliphatic rings. The molecule has 2 rings (SSSR count). The molecule has 1 aromatic rings. The van der Waals surface area contributed by atoms with Gasteiger partial charge in [0, 0.05) is 12.7 Å². The van der Waals surface area contributed by atoms with Crippen LogP contribution in [0.15, 0.2) is 0 Å². The van der Waals surface area contributed by atoms with E-state index in [1.165, 1.54) is 7.11 Å². The van der Waals surface area contributed by atoms with Crippen LogP contribution in [0.3, 0.4) is 0 Å². The minimum atomic E-state index is -1.50. The van der Waals surface area contributed by atoms with E-state index >= 15 is 0 Å². The summed E-state index contributed by atoms with van der Waals surface area (Å²) < 4.78 is 64.7. The Hall–Kier alpha value is -1.30. The number of methoxy groups -OCH3 is 1. The van der Waals surface area contributed by atoms with Gasteiger partial charge in [0.25, 0.3) is 0 Å². The Labute approximate surface area is 114 Å². The smallest absolute Gasteiger partial charge is 0.204 e. The summed E-state index contributed by atoms with van der Waals surface area (Å²) in [6.07, 6.45) is 3.64. The molecule has 0 aromatic heterocycles. The van der Waals surface area contributed by atoms with Crippen LogP contribution in [0.2, 0.25) is 0 Å². The van der Waals surface area contributed by atoms with Crippen LogP contribution in [0.1, 0.15) is 43.6 Å². The molecule has 0 amide bonds. The van der Waals surface area contributed by atoms with Crippen LogP contribution in [0.4, 0.5) is 17.6 Å². The van der Waals surface area contributed by atoms with E-state index in [-0.39, 0.29) is 0 Å². The maximum atomic E-state index is 14.0. The predicted octanol–water partition coefficient (Wildman–Crippen LogP) is 4.27. The van der Waals surface area contributed by atoms with Crippen molar-refractivity contribution in [2.45, 2.75) is 38.0 Å². The van der Waals surface area contributed by atoms with Gasteiger partial charge in [0.05, 0.1) is 0 Å². The molecule has 0 bridgehead atoms. The van der Waals surface area contributed by atoms with Crippen molar-refractivity contribution in [2.75, 3.05) is 13.9 Å². The van der Waals surface area contributed by atoms with Crippen LogP contribution in [0.5, 0.6) is 5.75 Å². The predicted molar refractivity (Wildman–Crippen MR) is 64.6 cm³/mol. The summed E-state index contributed by atoms with van der Waals surface area (Å²) >= 11 is 0. The highest BCUT2D eigenvalue weighted by Crippen LogP contribution is 2.39. The molecule has 0 saturated heterocycles. The van der Waals surface area contributed by atoms with Crippen molar-refractivity contribution in [3.8, 4) is 5.75 Å². The molecule has 0 radical (unpaired) electrons. The second kappa shape index (κ2) is 6.43. The maximum absolute atomic E-state index is 14.0. The molecule has 1 fully saturated rings. The van der Waals surface area contributed by atoms with Crippen molar-refractivity contribution >= 4 is 0 Å². The lowest BCUT2D eigenvalue weighted by atomic mass is 9.83. The monoisotopic (exact) mass is 292 g/mol. The second-order valence-corrected chi connectivity index (χ2v) is 4.88. The van der Waals surface area contributed by atoms with Crippen LogP contribution >= 0.6 is 0 Å². The van der Waals surface area contributed by atoms with Gasteiger partial charge in [0.1, 0.15) is 0 Å². The molecule has 0 heterocycles. The standard InChI is InChI=1S/C14H16F4O2/c1-19-7-20-14-12(17)10(15)9(11(16)13(14)18)8-5-3-2-4-6-8/h8H,2-7H2,1H3. The zero-order valence-electron chi connectivity index (χ0n) is 11.1. The third-order valence-corrected chi connectivity index (χ3v) is 3.59. The highest BCUT2D eigenvalue weighted by Gasteiger charge is 2.31. The fraction of sp³-hybridized carbons (Fsp3) is 0.571. The van der Waals surface area contributed by atoms with Crippen molar-refractivity contribution in [1.29, 1.82) is 0 Å². The van der Waals surface area contributed by atoms with E-state index < -0.39 is 47.3 Å². The number of benzene rings is 1. The van der Waals surface area contributed by atoms with Crippen molar-refractivity contribution in [1.82, 2.24) is 0 Å². The Kier molecular flexibility index (Phi) is 4.86. The normalized spacial score (nSPS) is 16.4. The third kappa shape index (κ3) is 2.75. The molecule has 1 aromatic carbocycles. The summed E-state index contributed by atoms with van der Waals surface area (Å²) in [6, 6.07) is 0. The van der Waals surface area contributed by atoms with E-state index in [0.29, 0.717) is 12.8 Å².